The van der Waals surface area contributed by atoms with Crippen LogP contribution in [0.25, 0.3) is 10.8 Å². The Morgan fingerprint density at radius 3 is 2.57 bits per heavy atom. The van der Waals surface area contributed by atoms with Crippen LogP contribution in [-0.2, 0) is 29.1 Å². The Labute approximate surface area is 352 Å². The summed E-state index contributed by atoms with van der Waals surface area (Å²) < 4.78 is 86.2. The first-order valence-electron chi connectivity index (χ1n) is 20.8. The maximum Gasteiger partial charge on any atom is 0.427 e. The maximum atomic E-state index is 15.0. The fourth-order valence-corrected chi connectivity index (χ4v) is 9.72. The molecule has 6 atom stereocenters. The summed E-state index contributed by atoms with van der Waals surface area (Å²) in [6, 6.07) is 4.28. The second-order valence-electron chi connectivity index (χ2n) is 17.4. The monoisotopic (exact) mass is 874 g/mol. The Kier molecular flexibility index (Phi) is 12.0. The van der Waals surface area contributed by atoms with Crippen molar-refractivity contribution in [2.24, 2.45) is 17.8 Å². The zero-order valence-electron chi connectivity index (χ0n) is 34.8. The molecule has 4 amide bonds. The van der Waals surface area contributed by atoms with Crippen molar-refractivity contribution >= 4 is 50.3 Å². The highest BCUT2D eigenvalue weighted by atomic mass is 32.2. The van der Waals surface area contributed by atoms with Gasteiger partial charge in [-0.2, -0.15) is 13.2 Å². The van der Waals surface area contributed by atoms with E-state index in [2.05, 4.69) is 25.2 Å². The lowest BCUT2D eigenvalue weighted by Crippen LogP contribution is -2.56. The molecule has 1 aromatic heterocycles. The highest BCUT2D eigenvalue weighted by Gasteiger charge is 2.62. The molecule has 332 valence electrons. The predicted octanol–water partition coefficient (Wildman–Crippen LogP) is 5.25. The standard InChI is InChI=1S/C42H53F3N6O9S/c1-6-25-19-24(2)9-7-8-10-26-21-41(26,38(54)49-61(56,57)28-11-12-28)48-35(52)33-20-27(23-51(33)37(53)31(25)22-47-39(55)60-40(3,4)42(43,44)45)59-36-30-13-14-32-34(29(30)15-16-46-36)58-18-17-50(32)5/h8,10,13-16,22,24-28,33H,6-7,9,11-12,17-21,23H2,1-5H3,(H,47,55)(H,48,52)(H,49,54). The molecule has 61 heavy (non-hydrogen) atoms. The number of alkyl carbamates (subject to hydrolysis) is 1. The number of carbonyl (C=O) groups is 4. The molecule has 0 spiro atoms. The third-order valence-electron chi connectivity index (χ3n) is 12.4. The summed E-state index contributed by atoms with van der Waals surface area (Å²) in [6.45, 7) is 6.26. The number of sulfonamides is 1. The lowest BCUT2D eigenvalue weighted by molar-refractivity contribution is -0.243. The molecule has 2 aliphatic carbocycles. The summed E-state index contributed by atoms with van der Waals surface area (Å²) in [5.74, 6) is -2.43. The van der Waals surface area contributed by atoms with Crippen molar-refractivity contribution in [3.05, 3.63) is 48.3 Å². The SMILES string of the molecule is CCC1CC(C)CCC=CC2CC2(C(=O)NS(=O)(=O)C2CC2)NC(=O)C2CC(Oc3nccc4c5c(ccc34)N(C)CCO5)CN2C(=O)C1=CNC(=O)OC(C)(C)C(F)(F)F. The molecule has 1 aromatic carbocycles. The zero-order valence-corrected chi connectivity index (χ0v) is 35.7. The van der Waals surface area contributed by atoms with Crippen LogP contribution >= 0.6 is 0 Å². The number of fused-ring (bicyclic) bond motifs is 5. The number of hydrogen-bond acceptors (Lipinski definition) is 11. The second kappa shape index (κ2) is 16.7. The first-order chi connectivity index (χ1) is 28.7. The van der Waals surface area contributed by atoms with Crippen LogP contribution in [0.3, 0.4) is 0 Å². The number of nitrogens with zero attached hydrogens (tertiary/aromatic N) is 3. The number of ether oxygens (including phenoxy) is 3. The molecule has 2 saturated carbocycles. The number of hydrogen-bond donors (Lipinski definition) is 3. The number of halogens is 3. The van der Waals surface area contributed by atoms with Crippen LogP contribution in [0.5, 0.6) is 11.6 Å². The quantitative estimate of drug-likeness (QED) is 0.233. The lowest BCUT2D eigenvalue weighted by atomic mass is 9.85. The van der Waals surface area contributed by atoms with Gasteiger partial charge in [0.2, 0.25) is 27.4 Å². The van der Waals surface area contributed by atoms with E-state index in [-0.39, 0.29) is 36.8 Å². The number of aromatic nitrogens is 1. The highest BCUT2D eigenvalue weighted by molar-refractivity contribution is 7.91. The Hall–Kier alpha value is -5.07. The fourth-order valence-electron chi connectivity index (χ4n) is 8.36. The van der Waals surface area contributed by atoms with E-state index in [1.165, 1.54) is 4.90 Å². The van der Waals surface area contributed by atoms with Gasteiger partial charge >= 0.3 is 12.3 Å². The van der Waals surface area contributed by atoms with Gasteiger partial charge in [-0.3, -0.25) is 24.4 Å². The van der Waals surface area contributed by atoms with Gasteiger partial charge in [0.25, 0.3) is 11.8 Å². The molecular weight excluding hydrogens is 822 g/mol. The normalized spacial score (nSPS) is 28.1. The Morgan fingerprint density at radius 2 is 1.87 bits per heavy atom. The minimum absolute atomic E-state index is 0.0140. The summed E-state index contributed by atoms with van der Waals surface area (Å²) in [5.41, 5.74) is -3.53. The molecule has 3 fully saturated rings. The molecule has 3 aliphatic heterocycles. The van der Waals surface area contributed by atoms with E-state index in [0.29, 0.717) is 76.7 Å². The van der Waals surface area contributed by atoms with Crippen LogP contribution in [0.1, 0.15) is 79.1 Å². The molecule has 4 heterocycles. The van der Waals surface area contributed by atoms with Gasteiger partial charge in [0, 0.05) is 48.1 Å². The summed E-state index contributed by atoms with van der Waals surface area (Å²) in [7, 11) is -2.02. The maximum absolute atomic E-state index is 15.0. The van der Waals surface area contributed by atoms with Crippen molar-refractivity contribution in [1.29, 1.82) is 0 Å². The minimum Gasteiger partial charge on any atom is -0.489 e. The fraction of sp³-hybridized carbons (Fsp3) is 0.595. The van der Waals surface area contributed by atoms with Gasteiger partial charge in [0.05, 0.1) is 24.0 Å². The summed E-state index contributed by atoms with van der Waals surface area (Å²) in [4.78, 5) is 64.1. The Bertz CT molecular complexity index is 2250. The molecule has 6 unspecified atom stereocenters. The number of allylic oxidation sites excluding steroid dienone is 1. The molecular formula is C42H53F3N6O9S. The van der Waals surface area contributed by atoms with E-state index < -0.39 is 80.4 Å². The van der Waals surface area contributed by atoms with Crippen molar-refractivity contribution < 1.29 is 55.0 Å². The van der Waals surface area contributed by atoms with Crippen molar-refractivity contribution in [1.82, 2.24) is 25.2 Å². The van der Waals surface area contributed by atoms with Crippen molar-refractivity contribution in [2.45, 2.75) is 114 Å². The molecule has 19 heteroatoms. The number of rotatable bonds is 8. The Balaban J connectivity index is 1.24. The molecule has 1 saturated heterocycles. The van der Waals surface area contributed by atoms with Crippen LogP contribution < -0.4 is 29.7 Å². The number of amides is 4. The van der Waals surface area contributed by atoms with Gasteiger partial charge in [0.15, 0.2) is 5.75 Å². The molecule has 0 bridgehead atoms. The van der Waals surface area contributed by atoms with Gasteiger partial charge < -0.3 is 29.3 Å². The number of nitrogens with one attached hydrogen (secondary N) is 3. The predicted molar refractivity (Wildman–Crippen MR) is 218 cm³/mol. The van der Waals surface area contributed by atoms with Crippen LogP contribution in [0.2, 0.25) is 0 Å². The lowest BCUT2D eigenvalue weighted by Gasteiger charge is -2.30. The van der Waals surface area contributed by atoms with E-state index in [4.69, 9.17) is 14.2 Å². The summed E-state index contributed by atoms with van der Waals surface area (Å²) >= 11 is 0. The number of likely N-dealkylation sites (N-methyl/N-ethyl adjacent to an activating group) is 1. The number of benzene rings is 1. The summed E-state index contributed by atoms with van der Waals surface area (Å²) in [5, 5.41) is 5.76. The van der Waals surface area contributed by atoms with E-state index in [9.17, 15) is 40.8 Å². The number of alkyl halides is 3. The number of pyridine rings is 1. The molecule has 3 N–H and O–H groups in total. The van der Waals surface area contributed by atoms with Crippen LogP contribution in [0.15, 0.2) is 48.3 Å². The van der Waals surface area contributed by atoms with Crippen LogP contribution in [0.4, 0.5) is 23.7 Å². The average Bonchev–Trinajstić information content (AvgIpc) is 4.12. The topological polar surface area (TPSA) is 186 Å². The third kappa shape index (κ3) is 9.12. The smallest absolute Gasteiger partial charge is 0.427 e. The van der Waals surface area contributed by atoms with Crippen LogP contribution in [-0.4, -0.2) is 104 Å². The van der Waals surface area contributed by atoms with E-state index in [0.717, 1.165) is 17.3 Å². The van der Waals surface area contributed by atoms with Crippen molar-refractivity contribution in [3.8, 4) is 11.6 Å². The first-order valence-corrected chi connectivity index (χ1v) is 22.3. The molecule has 5 aliphatic rings. The highest BCUT2D eigenvalue weighted by Crippen LogP contribution is 2.47. The van der Waals surface area contributed by atoms with E-state index in [1.54, 1.807) is 12.3 Å². The minimum atomic E-state index is -4.88. The van der Waals surface area contributed by atoms with Gasteiger partial charge in [-0.1, -0.05) is 26.0 Å². The van der Waals surface area contributed by atoms with E-state index in [1.807, 2.05) is 45.2 Å². The van der Waals surface area contributed by atoms with Gasteiger partial charge in [-0.25, -0.2) is 18.2 Å². The van der Waals surface area contributed by atoms with Gasteiger partial charge in [-0.05, 0) is 88.8 Å². The summed E-state index contributed by atoms with van der Waals surface area (Å²) in [6.07, 6.45) is 2.15. The molecule has 7 rings (SSSR count). The first kappa shape index (κ1) is 44.0. The average molecular weight is 875 g/mol. The number of anilines is 1. The van der Waals surface area contributed by atoms with E-state index >= 15 is 0 Å². The van der Waals surface area contributed by atoms with Crippen molar-refractivity contribution in [3.63, 3.8) is 0 Å². The van der Waals surface area contributed by atoms with Gasteiger partial charge in [-0.15, -0.1) is 0 Å². The largest absolute Gasteiger partial charge is 0.489 e. The van der Waals surface area contributed by atoms with Crippen LogP contribution in [0, 0.1) is 17.8 Å². The Morgan fingerprint density at radius 1 is 1.11 bits per heavy atom. The number of carbonyl (C=O) groups excluding carboxylic acids is 4. The van der Waals surface area contributed by atoms with Crippen molar-refractivity contribution in [2.75, 3.05) is 31.6 Å². The second-order valence-corrected chi connectivity index (χ2v) is 19.3. The van der Waals surface area contributed by atoms with Gasteiger partial charge in [0.1, 0.15) is 24.3 Å². The third-order valence-corrected chi connectivity index (χ3v) is 14.2. The molecule has 0 radical (unpaired) electrons. The molecule has 2 aromatic rings. The molecule has 15 nitrogen and oxygen atoms in total. The zero-order chi connectivity index (χ0) is 44.1.